The maximum absolute atomic E-state index is 12.6. The van der Waals surface area contributed by atoms with Gasteiger partial charge in [0, 0.05) is 32.5 Å². The lowest BCUT2D eigenvalue weighted by Gasteiger charge is -2.12. The lowest BCUT2D eigenvalue weighted by molar-refractivity contribution is 0.615. The van der Waals surface area contributed by atoms with Gasteiger partial charge in [-0.3, -0.25) is 18.9 Å². The zero-order valence-electron chi connectivity index (χ0n) is 14.5. The highest BCUT2D eigenvalue weighted by Crippen LogP contribution is 2.20. The monoisotopic (exact) mass is 341 g/mol. The lowest BCUT2D eigenvalue weighted by atomic mass is 10.3. The zero-order valence-corrected chi connectivity index (χ0v) is 14.5. The molecule has 0 spiro atoms. The van der Waals surface area contributed by atoms with Crippen molar-refractivity contribution in [1.82, 2.24) is 23.7 Å². The van der Waals surface area contributed by atoms with Gasteiger partial charge in [0.2, 0.25) is 5.95 Å². The second-order valence-corrected chi connectivity index (χ2v) is 5.93. The van der Waals surface area contributed by atoms with E-state index in [0.29, 0.717) is 17.1 Å². The Hall–Kier alpha value is -3.23. The molecule has 0 atom stereocenters. The molecule has 0 unspecified atom stereocenters. The molecule has 9 nitrogen and oxygen atoms in total. The number of fused-ring (bicyclic) bond motifs is 1. The van der Waals surface area contributed by atoms with Crippen molar-refractivity contribution in [1.29, 1.82) is 0 Å². The Labute approximate surface area is 143 Å². The molecule has 0 amide bonds. The number of anilines is 1. The Balaban J connectivity index is 2.12. The fourth-order valence-corrected chi connectivity index (χ4v) is 2.61. The molecule has 0 aromatic carbocycles. The first-order chi connectivity index (χ1) is 11.9. The van der Waals surface area contributed by atoms with Crippen molar-refractivity contribution in [2.45, 2.75) is 19.9 Å². The van der Waals surface area contributed by atoms with Gasteiger partial charge in [-0.1, -0.05) is 0 Å². The van der Waals surface area contributed by atoms with Gasteiger partial charge < -0.3 is 4.57 Å². The van der Waals surface area contributed by atoms with Crippen LogP contribution < -0.4 is 16.7 Å². The zero-order chi connectivity index (χ0) is 18.1. The quantitative estimate of drug-likeness (QED) is 0.560. The molecule has 3 aromatic rings. The third-order valence-electron chi connectivity index (χ3n) is 3.89. The molecule has 0 radical (unpaired) electrons. The van der Waals surface area contributed by atoms with Crippen LogP contribution in [0.4, 0.5) is 5.95 Å². The van der Waals surface area contributed by atoms with E-state index in [-0.39, 0.29) is 11.6 Å². The lowest BCUT2D eigenvalue weighted by Crippen LogP contribution is -2.37. The first-order valence-corrected chi connectivity index (χ1v) is 7.79. The molecule has 3 heterocycles. The van der Waals surface area contributed by atoms with Gasteiger partial charge in [0.25, 0.3) is 5.56 Å². The van der Waals surface area contributed by atoms with Crippen LogP contribution in [0.15, 0.2) is 39.2 Å². The second kappa shape index (κ2) is 6.34. The number of nitrogens with zero attached hydrogens (tertiary/aromatic N) is 6. The average Bonchev–Trinajstić information content (AvgIpc) is 2.99. The molecular formula is C16H19N7O2. The number of hydrogen-bond donors (Lipinski definition) is 1. The SMILES string of the molecule is CC(C)n1c(NN=Cc2ccncc2)nc2c1c(=O)n(C)c(=O)n2C. The Morgan fingerprint density at radius 1 is 1.16 bits per heavy atom. The predicted octanol–water partition coefficient (Wildman–Crippen LogP) is 0.856. The summed E-state index contributed by atoms with van der Waals surface area (Å²) in [7, 11) is 3.04. The van der Waals surface area contributed by atoms with Gasteiger partial charge in [0.15, 0.2) is 11.2 Å². The van der Waals surface area contributed by atoms with E-state index >= 15 is 0 Å². The molecule has 0 saturated carbocycles. The van der Waals surface area contributed by atoms with Gasteiger partial charge in [-0.25, -0.2) is 10.2 Å². The van der Waals surface area contributed by atoms with Crippen LogP contribution in [0.25, 0.3) is 11.2 Å². The molecule has 0 aliphatic carbocycles. The summed E-state index contributed by atoms with van der Waals surface area (Å²) in [5.74, 6) is 0.397. The van der Waals surface area contributed by atoms with Crippen LogP contribution in [0.3, 0.4) is 0 Å². The van der Waals surface area contributed by atoms with E-state index in [4.69, 9.17) is 0 Å². The van der Waals surface area contributed by atoms with Gasteiger partial charge in [-0.05, 0) is 31.5 Å². The molecule has 25 heavy (non-hydrogen) atoms. The van der Waals surface area contributed by atoms with Crippen LogP contribution in [0.5, 0.6) is 0 Å². The molecule has 3 rings (SSSR count). The van der Waals surface area contributed by atoms with Gasteiger partial charge in [-0.15, -0.1) is 0 Å². The highest BCUT2D eigenvalue weighted by atomic mass is 16.2. The molecule has 0 fully saturated rings. The molecule has 0 aliphatic heterocycles. The maximum atomic E-state index is 12.6. The predicted molar refractivity (Wildman–Crippen MR) is 96.1 cm³/mol. The van der Waals surface area contributed by atoms with E-state index in [1.165, 1.54) is 11.6 Å². The van der Waals surface area contributed by atoms with Crippen molar-refractivity contribution in [3.8, 4) is 0 Å². The van der Waals surface area contributed by atoms with Crippen molar-refractivity contribution in [3.63, 3.8) is 0 Å². The molecule has 0 bridgehead atoms. The minimum Gasteiger partial charge on any atom is -0.300 e. The smallest absolute Gasteiger partial charge is 0.300 e. The number of pyridine rings is 1. The summed E-state index contributed by atoms with van der Waals surface area (Å²) >= 11 is 0. The average molecular weight is 341 g/mol. The first-order valence-electron chi connectivity index (χ1n) is 7.79. The number of aromatic nitrogens is 5. The molecule has 1 N–H and O–H groups in total. The number of imidazole rings is 1. The maximum Gasteiger partial charge on any atom is 0.332 e. The minimum atomic E-state index is -0.419. The number of nitrogens with one attached hydrogen (secondary N) is 1. The summed E-state index contributed by atoms with van der Waals surface area (Å²) in [6.45, 7) is 3.87. The molecule has 3 aromatic heterocycles. The minimum absolute atomic E-state index is 0.0474. The topological polar surface area (TPSA) is 99.1 Å². The number of hydrogen-bond acceptors (Lipinski definition) is 6. The van der Waals surface area contributed by atoms with Crippen molar-refractivity contribution < 1.29 is 0 Å². The van der Waals surface area contributed by atoms with E-state index in [9.17, 15) is 9.59 Å². The Bertz CT molecular complexity index is 1060. The van der Waals surface area contributed by atoms with Gasteiger partial charge in [-0.2, -0.15) is 10.1 Å². The molecule has 130 valence electrons. The van der Waals surface area contributed by atoms with Crippen molar-refractivity contribution >= 4 is 23.3 Å². The summed E-state index contributed by atoms with van der Waals surface area (Å²) in [6.07, 6.45) is 4.97. The van der Waals surface area contributed by atoms with E-state index < -0.39 is 5.69 Å². The van der Waals surface area contributed by atoms with E-state index in [2.05, 4.69) is 20.5 Å². The van der Waals surface area contributed by atoms with Crippen molar-refractivity contribution in [2.75, 3.05) is 5.43 Å². The number of hydrazone groups is 1. The van der Waals surface area contributed by atoms with Crippen LogP contribution >= 0.6 is 0 Å². The van der Waals surface area contributed by atoms with Gasteiger partial charge >= 0.3 is 5.69 Å². The number of aryl methyl sites for hydroxylation is 1. The highest BCUT2D eigenvalue weighted by Gasteiger charge is 2.20. The fourth-order valence-electron chi connectivity index (χ4n) is 2.61. The van der Waals surface area contributed by atoms with Crippen LogP contribution in [0.1, 0.15) is 25.5 Å². The van der Waals surface area contributed by atoms with Crippen LogP contribution in [0, 0.1) is 0 Å². The van der Waals surface area contributed by atoms with Crippen LogP contribution in [-0.2, 0) is 14.1 Å². The van der Waals surface area contributed by atoms with Crippen LogP contribution in [-0.4, -0.2) is 29.9 Å². The normalized spacial score (nSPS) is 11.7. The standard InChI is InChI=1S/C16H19N7O2/c1-10(2)23-12-13(21(3)16(25)22(4)14(12)24)19-15(23)20-18-9-11-5-7-17-8-6-11/h5-10H,1-4H3,(H,19,20). The van der Waals surface area contributed by atoms with Crippen molar-refractivity contribution in [2.24, 2.45) is 19.2 Å². The fraction of sp³-hybridized carbons (Fsp3) is 0.312. The Morgan fingerprint density at radius 3 is 2.48 bits per heavy atom. The third-order valence-corrected chi connectivity index (χ3v) is 3.89. The highest BCUT2D eigenvalue weighted by molar-refractivity contribution is 5.80. The third kappa shape index (κ3) is 2.84. The second-order valence-electron chi connectivity index (χ2n) is 5.93. The summed E-state index contributed by atoms with van der Waals surface area (Å²) in [6, 6.07) is 3.58. The molecule has 0 saturated heterocycles. The first kappa shape index (κ1) is 16.6. The summed E-state index contributed by atoms with van der Waals surface area (Å²) < 4.78 is 4.17. The Morgan fingerprint density at radius 2 is 1.84 bits per heavy atom. The molecule has 9 heteroatoms. The largest absolute Gasteiger partial charge is 0.332 e. The molecular weight excluding hydrogens is 322 g/mol. The van der Waals surface area contributed by atoms with Gasteiger partial charge in [0.05, 0.1) is 6.21 Å². The summed E-state index contributed by atoms with van der Waals surface area (Å²) in [4.78, 5) is 33.0. The summed E-state index contributed by atoms with van der Waals surface area (Å²) in [5, 5.41) is 4.17. The van der Waals surface area contributed by atoms with E-state index in [1.807, 2.05) is 26.0 Å². The van der Waals surface area contributed by atoms with E-state index in [0.717, 1.165) is 10.1 Å². The van der Waals surface area contributed by atoms with Gasteiger partial charge in [0.1, 0.15) is 0 Å². The van der Waals surface area contributed by atoms with Crippen molar-refractivity contribution in [3.05, 3.63) is 50.9 Å². The molecule has 0 aliphatic rings. The van der Waals surface area contributed by atoms with Crippen LogP contribution in [0.2, 0.25) is 0 Å². The van der Waals surface area contributed by atoms with E-state index in [1.54, 1.807) is 30.2 Å². The Kier molecular flexibility index (Phi) is 4.22. The summed E-state index contributed by atoms with van der Waals surface area (Å²) in [5.41, 5.74) is 3.62. The number of rotatable bonds is 4.